The second-order valence-corrected chi connectivity index (χ2v) is 7.83. The lowest BCUT2D eigenvalue weighted by Crippen LogP contribution is -2.64. The van der Waals surface area contributed by atoms with Crippen molar-refractivity contribution in [1.29, 1.82) is 0 Å². The second-order valence-electron chi connectivity index (χ2n) is 7.83. The average Bonchev–Trinajstić information content (AvgIpc) is 3.02. The van der Waals surface area contributed by atoms with Crippen LogP contribution in [-0.4, -0.2) is 145 Å². The summed E-state index contributed by atoms with van der Waals surface area (Å²) < 4.78 is 26.7. The molecule has 0 bridgehead atoms. The van der Waals surface area contributed by atoms with Crippen LogP contribution in [-0.2, 0) is 23.7 Å². The van der Waals surface area contributed by atoms with E-state index >= 15 is 0 Å². The van der Waals surface area contributed by atoms with Crippen LogP contribution in [0, 0.1) is 0 Å². The van der Waals surface area contributed by atoms with E-state index < -0.39 is 99.2 Å². The number of aliphatic hydroxyl groups excluding tert-OH is 9. The zero-order valence-corrected chi connectivity index (χ0v) is 16.6. The van der Waals surface area contributed by atoms with Crippen LogP contribution in [0.25, 0.3) is 0 Å². The Balaban J connectivity index is 1.79. The molecule has 0 aliphatic carbocycles. The van der Waals surface area contributed by atoms with Crippen molar-refractivity contribution < 1.29 is 69.6 Å². The van der Waals surface area contributed by atoms with E-state index in [0.717, 1.165) is 0 Å². The normalized spacial score (nSPS) is 53.6. The minimum absolute atomic E-state index is 0.621. The minimum Gasteiger partial charge on any atom is -0.394 e. The van der Waals surface area contributed by atoms with E-state index in [1.807, 2.05) is 0 Å². The quantitative estimate of drug-likeness (QED) is 0.181. The molecule has 0 saturated carbocycles. The summed E-state index contributed by atoms with van der Waals surface area (Å²) in [6, 6.07) is 0. The molecule has 3 aliphatic rings. The second kappa shape index (κ2) is 10.1. The van der Waals surface area contributed by atoms with E-state index in [-0.39, 0.29) is 0 Å². The van der Waals surface area contributed by atoms with E-state index in [1.54, 1.807) is 0 Å². The Morgan fingerprint density at radius 1 is 0.581 bits per heavy atom. The topological polar surface area (TPSA) is 228 Å². The summed E-state index contributed by atoms with van der Waals surface area (Å²) in [5.41, 5.74) is 0. The van der Waals surface area contributed by atoms with Gasteiger partial charge in [-0.05, 0) is 6.92 Å². The summed E-state index contributed by atoms with van der Waals surface area (Å²) in [4.78, 5) is 0. The highest BCUT2D eigenvalue weighted by molar-refractivity contribution is 4.95. The molecular weight excluding hydrogens is 428 g/mol. The Hall–Kier alpha value is -0.560. The highest BCUT2D eigenvalue weighted by atomic mass is 16.8. The standard InChI is InChI=1S/C17H30O14/c1-4-7(20)10(23)12(25)16(27-4)31-14-11(24)8(21)5(2-18)29-17(14)30-13-9(22)6(3-19)28-15(13)26/h4-26H,2-3H2,1H3/t4-,5+,6+,7+,8-,9-,10+,11-,12-,13+,14+,15-,16-,17-/m0/s1. The largest absolute Gasteiger partial charge is 0.394 e. The van der Waals surface area contributed by atoms with Gasteiger partial charge in [0, 0.05) is 0 Å². The van der Waals surface area contributed by atoms with E-state index in [4.69, 9.17) is 23.7 Å². The van der Waals surface area contributed by atoms with Crippen LogP contribution in [0.4, 0.5) is 0 Å². The molecule has 14 heteroatoms. The van der Waals surface area contributed by atoms with Gasteiger partial charge in [-0.3, -0.25) is 0 Å². The van der Waals surface area contributed by atoms with Crippen molar-refractivity contribution in [3.8, 4) is 0 Å². The summed E-state index contributed by atoms with van der Waals surface area (Å²) in [6.45, 7) is 0.0668. The Labute approximate surface area is 176 Å². The maximum atomic E-state index is 10.5. The molecule has 0 aromatic rings. The highest BCUT2D eigenvalue weighted by Crippen LogP contribution is 2.32. The van der Waals surface area contributed by atoms with E-state index in [9.17, 15) is 46.0 Å². The number of rotatable bonds is 6. The lowest BCUT2D eigenvalue weighted by molar-refractivity contribution is -0.374. The molecule has 0 spiro atoms. The predicted octanol–water partition coefficient (Wildman–Crippen LogP) is -5.91. The van der Waals surface area contributed by atoms with E-state index in [0.29, 0.717) is 0 Å². The van der Waals surface area contributed by atoms with Crippen molar-refractivity contribution in [2.24, 2.45) is 0 Å². The zero-order chi connectivity index (χ0) is 23.0. The lowest BCUT2D eigenvalue weighted by Gasteiger charge is -2.46. The van der Waals surface area contributed by atoms with Gasteiger partial charge in [-0.1, -0.05) is 0 Å². The Kier molecular flexibility index (Phi) is 8.21. The third kappa shape index (κ3) is 4.87. The van der Waals surface area contributed by atoms with Crippen molar-refractivity contribution in [2.75, 3.05) is 13.2 Å². The third-order valence-corrected chi connectivity index (χ3v) is 5.71. The van der Waals surface area contributed by atoms with Gasteiger partial charge in [0.1, 0.15) is 61.0 Å². The van der Waals surface area contributed by atoms with Crippen molar-refractivity contribution in [2.45, 2.75) is 92.9 Å². The summed E-state index contributed by atoms with van der Waals surface area (Å²) in [5.74, 6) is 0. The molecule has 182 valence electrons. The molecule has 0 aromatic heterocycles. The molecule has 3 aliphatic heterocycles. The third-order valence-electron chi connectivity index (χ3n) is 5.71. The first-order chi connectivity index (χ1) is 14.6. The van der Waals surface area contributed by atoms with Crippen LogP contribution in [0.3, 0.4) is 0 Å². The molecule has 3 fully saturated rings. The van der Waals surface area contributed by atoms with Crippen LogP contribution in [0.5, 0.6) is 0 Å². The van der Waals surface area contributed by atoms with Gasteiger partial charge in [-0.15, -0.1) is 0 Å². The van der Waals surface area contributed by atoms with Crippen LogP contribution in [0.15, 0.2) is 0 Å². The first-order valence-electron chi connectivity index (χ1n) is 9.86. The highest BCUT2D eigenvalue weighted by Gasteiger charge is 2.53. The van der Waals surface area contributed by atoms with Gasteiger partial charge in [0.25, 0.3) is 0 Å². The summed E-state index contributed by atoms with van der Waals surface area (Å²) >= 11 is 0. The van der Waals surface area contributed by atoms with Gasteiger partial charge in [-0.2, -0.15) is 0 Å². The van der Waals surface area contributed by atoms with Gasteiger partial charge in [0.05, 0.1) is 19.3 Å². The number of ether oxygens (including phenoxy) is 5. The molecular formula is C17H30O14. The molecule has 3 heterocycles. The molecule has 31 heavy (non-hydrogen) atoms. The fraction of sp³-hybridized carbons (Fsp3) is 1.00. The minimum atomic E-state index is -1.75. The van der Waals surface area contributed by atoms with Crippen LogP contribution in [0.1, 0.15) is 6.92 Å². The molecule has 3 saturated heterocycles. The van der Waals surface area contributed by atoms with Crippen molar-refractivity contribution in [1.82, 2.24) is 0 Å². The van der Waals surface area contributed by atoms with Gasteiger partial charge in [-0.25, -0.2) is 0 Å². The first kappa shape index (κ1) is 25.1. The SMILES string of the molecule is C[C@@H]1O[C@@H](O[C@H]2[C@H](O[C@@H]3[C@@H](O)[C@@H](CO)O[C@@H]3O)O[C@H](CO)[C@H](O)[C@@H]2O)[C@@H](O)[C@H](O)[C@@H]1O. The van der Waals surface area contributed by atoms with Crippen molar-refractivity contribution >= 4 is 0 Å². The molecule has 14 atom stereocenters. The van der Waals surface area contributed by atoms with Crippen LogP contribution >= 0.6 is 0 Å². The number of aliphatic hydroxyl groups is 9. The Morgan fingerprint density at radius 3 is 1.74 bits per heavy atom. The smallest absolute Gasteiger partial charge is 0.187 e. The monoisotopic (exact) mass is 458 g/mol. The van der Waals surface area contributed by atoms with E-state index in [1.165, 1.54) is 6.92 Å². The first-order valence-corrected chi connectivity index (χ1v) is 9.86. The van der Waals surface area contributed by atoms with Crippen molar-refractivity contribution in [3.63, 3.8) is 0 Å². The Bertz CT molecular complexity index is 581. The van der Waals surface area contributed by atoms with Gasteiger partial charge >= 0.3 is 0 Å². The molecule has 0 unspecified atom stereocenters. The molecule has 14 nitrogen and oxygen atoms in total. The molecule has 3 rings (SSSR count). The summed E-state index contributed by atoms with van der Waals surface area (Å²) in [7, 11) is 0. The fourth-order valence-electron chi connectivity index (χ4n) is 3.76. The molecule has 0 radical (unpaired) electrons. The molecule has 9 N–H and O–H groups in total. The van der Waals surface area contributed by atoms with Gasteiger partial charge in [0.15, 0.2) is 18.9 Å². The maximum Gasteiger partial charge on any atom is 0.187 e. The van der Waals surface area contributed by atoms with E-state index in [2.05, 4.69) is 0 Å². The summed E-state index contributed by atoms with van der Waals surface area (Å²) in [6.07, 6.45) is -21.1. The average molecular weight is 458 g/mol. The van der Waals surface area contributed by atoms with Crippen LogP contribution < -0.4 is 0 Å². The van der Waals surface area contributed by atoms with Crippen LogP contribution in [0.2, 0.25) is 0 Å². The molecule has 0 amide bonds. The zero-order valence-electron chi connectivity index (χ0n) is 16.6. The summed E-state index contributed by atoms with van der Waals surface area (Å²) in [5, 5.41) is 89.4. The number of hydrogen-bond donors (Lipinski definition) is 9. The van der Waals surface area contributed by atoms with Gasteiger partial charge in [0.2, 0.25) is 0 Å². The molecule has 0 aromatic carbocycles. The predicted molar refractivity (Wildman–Crippen MR) is 93.8 cm³/mol. The lowest BCUT2D eigenvalue weighted by atomic mass is 9.97. The fourth-order valence-corrected chi connectivity index (χ4v) is 3.76. The number of hydrogen-bond acceptors (Lipinski definition) is 14. The maximum absolute atomic E-state index is 10.5. The Morgan fingerprint density at radius 2 is 1.16 bits per heavy atom. The van der Waals surface area contributed by atoms with Gasteiger partial charge < -0.3 is 69.6 Å². The van der Waals surface area contributed by atoms with Crippen molar-refractivity contribution in [3.05, 3.63) is 0 Å².